The van der Waals surface area contributed by atoms with Crippen LogP contribution < -0.4 is 10.6 Å². The standard InChI is InChI=1S/C23H28FN3S/c1-16-4-2-5-19(12-16)25-23(28)26-20-13-21-6-3-7-22(14-20)27(21)15-17-8-10-18(24)11-9-17/h2,4-5,8-12,20-22H,3,6-7,13-15H2,1H3,(H2,25,26,28). The molecule has 2 aromatic carbocycles. The van der Waals surface area contributed by atoms with Crippen molar-refractivity contribution in [3.05, 3.63) is 65.5 Å². The Bertz CT molecular complexity index is 809. The fourth-order valence-electron chi connectivity index (χ4n) is 4.73. The Morgan fingerprint density at radius 1 is 1.11 bits per heavy atom. The van der Waals surface area contributed by atoms with E-state index in [9.17, 15) is 4.39 Å². The molecule has 0 saturated carbocycles. The normalized spacial score (nSPS) is 24.6. The number of rotatable bonds is 4. The minimum atomic E-state index is -0.165. The van der Waals surface area contributed by atoms with Crippen molar-refractivity contribution >= 4 is 23.0 Å². The number of thiocarbonyl (C=S) groups is 1. The van der Waals surface area contributed by atoms with Gasteiger partial charge < -0.3 is 10.6 Å². The minimum absolute atomic E-state index is 0.165. The number of aryl methyl sites for hydroxylation is 1. The number of halogens is 1. The van der Waals surface area contributed by atoms with E-state index in [1.54, 1.807) is 12.1 Å². The summed E-state index contributed by atoms with van der Waals surface area (Å²) in [5.74, 6) is -0.165. The lowest BCUT2D eigenvalue weighted by molar-refractivity contribution is 0.0211. The van der Waals surface area contributed by atoms with Crippen LogP contribution in [0.2, 0.25) is 0 Å². The van der Waals surface area contributed by atoms with Gasteiger partial charge in [-0.05, 0) is 80.2 Å². The van der Waals surface area contributed by atoms with Gasteiger partial charge >= 0.3 is 0 Å². The van der Waals surface area contributed by atoms with Crippen molar-refractivity contribution in [2.75, 3.05) is 5.32 Å². The molecule has 0 amide bonds. The molecule has 0 spiro atoms. The lowest BCUT2D eigenvalue weighted by Gasteiger charge is -2.49. The lowest BCUT2D eigenvalue weighted by atomic mass is 9.81. The fourth-order valence-corrected chi connectivity index (χ4v) is 5.02. The van der Waals surface area contributed by atoms with Gasteiger partial charge in [0.25, 0.3) is 0 Å². The second kappa shape index (κ2) is 8.58. The van der Waals surface area contributed by atoms with Crippen LogP contribution in [0, 0.1) is 12.7 Å². The van der Waals surface area contributed by atoms with E-state index in [1.807, 2.05) is 24.3 Å². The van der Waals surface area contributed by atoms with Crippen LogP contribution in [0.15, 0.2) is 48.5 Å². The highest BCUT2D eigenvalue weighted by Crippen LogP contribution is 2.35. The number of benzene rings is 2. The summed E-state index contributed by atoms with van der Waals surface area (Å²) in [5, 5.41) is 7.58. The SMILES string of the molecule is Cc1cccc(NC(=S)NC2CC3CCCC(C2)N3Cc2ccc(F)cc2)c1. The number of anilines is 1. The van der Waals surface area contributed by atoms with Crippen LogP contribution >= 0.6 is 12.2 Å². The Hall–Kier alpha value is -1.98. The number of hydrogen-bond acceptors (Lipinski definition) is 2. The Kier molecular flexibility index (Phi) is 5.93. The summed E-state index contributed by atoms with van der Waals surface area (Å²) in [6, 6.07) is 16.8. The van der Waals surface area contributed by atoms with Gasteiger partial charge in [0.05, 0.1) is 0 Å². The van der Waals surface area contributed by atoms with Crippen LogP contribution in [0.1, 0.15) is 43.2 Å². The summed E-state index contributed by atoms with van der Waals surface area (Å²) >= 11 is 5.57. The van der Waals surface area contributed by atoms with Crippen LogP contribution in [-0.4, -0.2) is 28.1 Å². The van der Waals surface area contributed by atoms with E-state index in [2.05, 4.69) is 34.6 Å². The number of nitrogens with one attached hydrogen (secondary N) is 2. The topological polar surface area (TPSA) is 27.3 Å². The van der Waals surface area contributed by atoms with Gasteiger partial charge in [0.1, 0.15) is 5.82 Å². The van der Waals surface area contributed by atoms with Crippen LogP contribution in [0.5, 0.6) is 0 Å². The molecule has 2 saturated heterocycles. The first kappa shape index (κ1) is 19.3. The van der Waals surface area contributed by atoms with Crippen molar-refractivity contribution in [2.45, 2.75) is 63.7 Å². The molecule has 5 heteroatoms. The van der Waals surface area contributed by atoms with Crippen LogP contribution in [0.3, 0.4) is 0 Å². The van der Waals surface area contributed by atoms with Crippen molar-refractivity contribution in [1.29, 1.82) is 0 Å². The van der Waals surface area contributed by atoms with Gasteiger partial charge in [0.2, 0.25) is 0 Å². The van der Waals surface area contributed by atoms with Crippen LogP contribution in [0.4, 0.5) is 10.1 Å². The maximum absolute atomic E-state index is 13.2. The van der Waals surface area contributed by atoms with E-state index >= 15 is 0 Å². The molecule has 2 aliphatic heterocycles. The molecular formula is C23H28FN3S. The lowest BCUT2D eigenvalue weighted by Crippen LogP contribution is -2.56. The van der Waals surface area contributed by atoms with E-state index in [1.165, 1.54) is 30.4 Å². The summed E-state index contributed by atoms with van der Waals surface area (Å²) in [4.78, 5) is 2.63. The zero-order chi connectivity index (χ0) is 19.5. The zero-order valence-electron chi connectivity index (χ0n) is 16.3. The smallest absolute Gasteiger partial charge is 0.170 e. The molecule has 148 valence electrons. The molecule has 2 aromatic rings. The molecule has 2 bridgehead atoms. The molecule has 2 heterocycles. The maximum Gasteiger partial charge on any atom is 0.170 e. The molecule has 0 aliphatic carbocycles. The molecule has 2 atom stereocenters. The first-order valence-corrected chi connectivity index (χ1v) is 10.6. The van der Waals surface area contributed by atoms with Crippen LogP contribution in [-0.2, 0) is 6.54 Å². The van der Waals surface area contributed by atoms with Crippen molar-refractivity contribution < 1.29 is 4.39 Å². The Morgan fingerprint density at radius 3 is 2.50 bits per heavy atom. The molecule has 2 N–H and O–H groups in total. The molecule has 3 nitrogen and oxygen atoms in total. The molecule has 2 fully saturated rings. The molecule has 2 unspecified atom stereocenters. The summed E-state index contributed by atoms with van der Waals surface area (Å²) in [7, 11) is 0. The number of nitrogens with zero attached hydrogens (tertiary/aromatic N) is 1. The van der Waals surface area contributed by atoms with E-state index < -0.39 is 0 Å². The highest BCUT2D eigenvalue weighted by atomic mass is 32.1. The third kappa shape index (κ3) is 4.70. The highest BCUT2D eigenvalue weighted by Gasteiger charge is 2.38. The monoisotopic (exact) mass is 397 g/mol. The van der Waals surface area contributed by atoms with Crippen molar-refractivity contribution in [2.24, 2.45) is 0 Å². The first-order valence-electron chi connectivity index (χ1n) is 10.2. The van der Waals surface area contributed by atoms with Gasteiger partial charge in [-0.15, -0.1) is 0 Å². The second-order valence-electron chi connectivity index (χ2n) is 8.17. The van der Waals surface area contributed by atoms with Crippen LogP contribution in [0.25, 0.3) is 0 Å². The van der Waals surface area contributed by atoms with Crippen molar-refractivity contribution in [1.82, 2.24) is 10.2 Å². The van der Waals surface area contributed by atoms with E-state index in [0.717, 1.165) is 25.1 Å². The van der Waals surface area contributed by atoms with Gasteiger partial charge in [-0.3, -0.25) is 4.90 Å². The van der Waals surface area contributed by atoms with E-state index in [0.29, 0.717) is 23.2 Å². The van der Waals surface area contributed by atoms with E-state index in [-0.39, 0.29) is 5.82 Å². The molecule has 4 rings (SSSR count). The Balaban J connectivity index is 1.36. The molecule has 2 aliphatic rings. The summed E-state index contributed by atoms with van der Waals surface area (Å²) < 4.78 is 13.2. The molecule has 28 heavy (non-hydrogen) atoms. The molecule has 0 aromatic heterocycles. The zero-order valence-corrected chi connectivity index (χ0v) is 17.1. The highest BCUT2D eigenvalue weighted by molar-refractivity contribution is 7.80. The largest absolute Gasteiger partial charge is 0.360 e. The molecule has 0 radical (unpaired) electrons. The van der Waals surface area contributed by atoms with Gasteiger partial charge in [0, 0.05) is 30.4 Å². The predicted octanol–water partition coefficient (Wildman–Crippen LogP) is 5.01. The average Bonchev–Trinajstić information content (AvgIpc) is 2.64. The van der Waals surface area contributed by atoms with Gasteiger partial charge in [0.15, 0.2) is 5.11 Å². The third-order valence-corrected chi connectivity index (χ3v) is 6.24. The number of hydrogen-bond donors (Lipinski definition) is 2. The van der Waals surface area contributed by atoms with E-state index in [4.69, 9.17) is 12.2 Å². The van der Waals surface area contributed by atoms with Crippen molar-refractivity contribution in [3.63, 3.8) is 0 Å². The first-order chi connectivity index (χ1) is 13.6. The third-order valence-electron chi connectivity index (χ3n) is 6.02. The fraction of sp³-hybridized carbons (Fsp3) is 0.435. The van der Waals surface area contributed by atoms with Crippen molar-refractivity contribution in [3.8, 4) is 0 Å². The summed E-state index contributed by atoms with van der Waals surface area (Å²) in [6.07, 6.45) is 5.97. The summed E-state index contributed by atoms with van der Waals surface area (Å²) in [5.41, 5.74) is 3.45. The number of fused-ring (bicyclic) bond motifs is 2. The Labute approximate surface area is 172 Å². The van der Waals surface area contributed by atoms with Gasteiger partial charge in [-0.2, -0.15) is 0 Å². The second-order valence-corrected chi connectivity index (χ2v) is 8.58. The van der Waals surface area contributed by atoms with Gasteiger partial charge in [-0.1, -0.05) is 30.7 Å². The van der Waals surface area contributed by atoms with Gasteiger partial charge in [-0.25, -0.2) is 4.39 Å². The average molecular weight is 398 g/mol. The maximum atomic E-state index is 13.2. The minimum Gasteiger partial charge on any atom is -0.360 e. The Morgan fingerprint density at radius 2 is 1.82 bits per heavy atom. The quantitative estimate of drug-likeness (QED) is 0.710. The molecular weight excluding hydrogens is 369 g/mol. The summed E-state index contributed by atoms with van der Waals surface area (Å²) in [6.45, 7) is 2.99. The number of piperidine rings is 2. The predicted molar refractivity (Wildman–Crippen MR) is 117 cm³/mol.